The number of rotatable bonds is 3. The van der Waals surface area contributed by atoms with Crippen molar-refractivity contribution >= 4 is 0 Å². The number of aromatic nitrogens is 1. The lowest BCUT2D eigenvalue weighted by molar-refractivity contribution is 0.571. The first-order valence-electron chi connectivity index (χ1n) is 4.96. The molecule has 3 heteroatoms. The number of hydrogen-bond acceptors (Lipinski definition) is 3. The number of hydrogen-bond donors (Lipinski definition) is 1. The van der Waals surface area contributed by atoms with Crippen LogP contribution in [0, 0.1) is 6.92 Å². The summed E-state index contributed by atoms with van der Waals surface area (Å²) in [7, 11) is 1.89. The van der Waals surface area contributed by atoms with Crippen molar-refractivity contribution in [2.24, 2.45) is 0 Å². The van der Waals surface area contributed by atoms with Crippen molar-refractivity contribution in [3.63, 3.8) is 0 Å². The summed E-state index contributed by atoms with van der Waals surface area (Å²) in [6.07, 6.45) is 1.69. The second-order valence-corrected chi connectivity index (χ2v) is 3.49. The molecule has 78 valence electrons. The Hall–Kier alpha value is -1.61. The van der Waals surface area contributed by atoms with Crippen LogP contribution in [0.15, 0.2) is 34.9 Å². The standard InChI is InChI=1S/C12H14N2O/c1-9-5-3-4-6-11(9)12-14-10(7-13-2)8-15-12/h3-6,8,13H,7H2,1-2H3. The molecular formula is C12H14N2O. The van der Waals surface area contributed by atoms with Gasteiger partial charge < -0.3 is 9.73 Å². The van der Waals surface area contributed by atoms with Crippen molar-refractivity contribution in [1.82, 2.24) is 10.3 Å². The molecule has 0 bridgehead atoms. The number of nitrogens with one attached hydrogen (secondary N) is 1. The Balaban J connectivity index is 2.33. The molecule has 3 nitrogen and oxygen atoms in total. The third kappa shape index (κ3) is 2.07. The van der Waals surface area contributed by atoms with Gasteiger partial charge in [0.1, 0.15) is 6.26 Å². The van der Waals surface area contributed by atoms with Crippen LogP contribution in [0.1, 0.15) is 11.3 Å². The summed E-state index contributed by atoms with van der Waals surface area (Å²) in [4.78, 5) is 4.40. The molecular weight excluding hydrogens is 188 g/mol. The Morgan fingerprint density at radius 2 is 2.13 bits per heavy atom. The summed E-state index contributed by atoms with van der Waals surface area (Å²) >= 11 is 0. The van der Waals surface area contributed by atoms with E-state index in [9.17, 15) is 0 Å². The van der Waals surface area contributed by atoms with Crippen LogP contribution in [0.2, 0.25) is 0 Å². The van der Waals surface area contributed by atoms with Crippen molar-refractivity contribution in [3.8, 4) is 11.5 Å². The van der Waals surface area contributed by atoms with Crippen LogP contribution in [0.5, 0.6) is 0 Å². The van der Waals surface area contributed by atoms with Crippen molar-refractivity contribution in [2.45, 2.75) is 13.5 Å². The van der Waals surface area contributed by atoms with Gasteiger partial charge in [0.05, 0.1) is 5.69 Å². The molecule has 0 radical (unpaired) electrons. The van der Waals surface area contributed by atoms with Gasteiger partial charge in [0, 0.05) is 12.1 Å². The molecule has 1 heterocycles. The van der Waals surface area contributed by atoms with E-state index in [0.717, 1.165) is 17.8 Å². The van der Waals surface area contributed by atoms with Crippen LogP contribution in [-0.4, -0.2) is 12.0 Å². The summed E-state index contributed by atoms with van der Waals surface area (Å²) in [5.74, 6) is 0.693. The van der Waals surface area contributed by atoms with Gasteiger partial charge in [-0.2, -0.15) is 0 Å². The van der Waals surface area contributed by atoms with E-state index in [4.69, 9.17) is 4.42 Å². The predicted octanol–water partition coefficient (Wildman–Crippen LogP) is 2.37. The van der Waals surface area contributed by atoms with Crippen molar-refractivity contribution in [3.05, 3.63) is 41.8 Å². The average Bonchev–Trinajstić information content (AvgIpc) is 2.68. The molecule has 0 amide bonds. The minimum Gasteiger partial charge on any atom is -0.444 e. The van der Waals surface area contributed by atoms with E-state index in [1.807, 2.05) is 25.2 Å². The lowest BCUT2D eigenvalue weighted by Crippen LogP contribution is -2.04. The van der Waals surface area contributed by atoms with Gasteiger partial charge in [0.25, 0.3) is 0 Å². The highest BCUT2D eigenvalue weighted by molar-refractivity contribution is 5.58. The largest absolute Gasteiger partial charge is 0.444 e. The number of benzene rings is 1. The van der Waals surface area contributed by atoms with E-state index in [1.54, 1.807) is 6.26 Å². The molecule has 0 aliphatic carbocycles. The summed E-state index contributed by atoms with van der Waals surface area (Å²) < 4.78 is 5.43. The molecule has 2 aromatic rings. The Bertz CT molecular complexity index is 448. The van der Waals surface area contributed by atoms with Crippen LogP contribution in [0.3, 0.4) is 0 Å². The van der Waals surface area contributed by atoms with Gasteiger partial charge >= 0.3 is 0 Å². The van der Waals surface area contributed by atoms with Gasteiger partial charge in [-0.15, -0.1) is 0 Å². The zero-order valence-electron chi connectivity index (χ0n) is 8.95. The lowest BCUT2D eigenvalue weighted by atomic mass is 10.1. The van der Waals surface area contributed by atoms with E-state index in [2.05, 4.69) is 23.3 Å². The van der Waals surface area contributed by atoms with Crippen molar-refractivity contribution in [1.29, 1.82) is 0 Å². The fourth-order valence-electron chi connectivity index (χ4n) is 1.51. The molecule has 1 aromatic carbocycles. The first-order chi connectivity index (χ1) is 7.31. The van der Waals surface area contributed by atoms with Gasteiger partial charge in [0.15, 0.2) is 0 Å². The van der Waals surface area contributed by atoms with Gasteiger partial charge in [0.2, 0.25) is 5.89 Å². The number of oxazole rings is 1. The van der Waals surface area contributed by atoms with E-state index in [0.29, 0.717) is 5.89 Å². The monoisotopic (exact) mass is 202 g/mol. The summed E-state index contributed by atoms with van der Waals surface area (Å²) in [6, 6.07) is 8.07. The third-order valence-electron chi connectivity index (χ3n) is 2.29. The molecule has 1 aromatic heterocycles. The molecule has 15 heavy (non-hydrogen) atoms. The highest BCUT2D eigenvalue weighted by Crippen LogP contribution is 2.21. The van der Waals surface area contributed by atoms with Crippen LogP contribution in [0.25, 0.3) is 11.5 Å². The van der Waals surface area contributed by atoms with Gasteiger partial charge in [-0.25, -0.2) is 4.98 Å². The maximum Gasteiger partial charge on any atom is 0.226 e. The Morgan fingerprint density at radius 1 is 1.33 bits per heavy atom. The predicted molar refractivity (Wildman–Crippen MR) is 59.4 cm³/mol. The third-order valence-corrected chi connectivity index (χ3v) is 2.29. The Morgan fingerprint density at radius 3 is 2.87 bits per heavy atom. The highest BCUT2D eigenvalue weighted by Gasteiger charge is 2.07. The first kappa shape index (κ1) is 9.93. The maximum atomic E-state index is 5.43. The maximum absolute atomic E-state index is 5.43. The van der Waals surface area contributed by atoms with Crippen LogP contribution < -0.4 is 5.32 Å². The molecule has 0 unspecified atom stereocenters. The second kappa shape index (κ2) is 4.28. The molecule has 0 fully saturated rings. The minimum absolute atomic E-state index is 0.693. The smallest absolute Gasteiger partial charge is 0.226 e. The molecule has 0 aliphatic heterocycles. The molecule has 1 N–H and O–H groups in total. The highest BCUT2D eigenvalue weighted by atomic mass is 16.3. The van der Waals surface area contributed by atoms with E-state index in [-0.39, 0.29) is 0 Å². The molecule has 0 spiro atoms. The first-order valence-corrected chi connectivity index (χ1v) is 4.96. The van der Waals surface area contributed by atoms with Gasteiger partial charge in [-0.3, -0.25) is 0 Å². The zero-order chi connectivity index (χ0) is 10.7. The van der Waals surface area contributed by atoms with E-state index >= 15 is 0 Å². The van der Waals surface area contributed by atoms with Crippen molar-refractivity contribution in [2.75, 3.05) is 7.05 Å². The van der Waals surface area contributed by atoms with Crippen LogP contribution in [0.4, 0.5) is 0 Å². The quantitative estimate of drug-likeness (QED) is 0.830. The van der Waals surface area contributed by atoms with Gasteiger partial charge in [-0.05, 0) is 25.6 Å². The minimum atomic E-state index is 0.693. The topological polar surface area (TPSA) is 38.1 Å². The van der Waals surface area contributed by atoms with Gasteiger partial charge in [-0.1, -0.05) is 18.2 Å². The van der Waals surface area contributed by atoms with Crippen LogP contribution in [-0.2, 0) is 6.54 Å². The summed E-state index contributed by atoms with van der Waals surface area (Å²) in [6.45, 7) is 2.78. The normalized spacial score (nSPS) is 10.5. The molecule has 0 saturated carbocycles. The lowest BCUT2D eigenvalue weighted by Gasteiger charge is -1.98. The molecule has 0 saturated heterocycles. The summed E-state index contributed by atoms with van der Waals surface area (Å²) in [5.41, 5.74) is 3.16. The SMILES string of the molecule is CNCc1coc(-c2ccccc2C)n1. The zero-order valence-corrected chi connectivity index (χ0v) is 8.95. The van der Waals surface area contributed by atoms with E-state index < -0.39 is 0 Å². The fourth-order valence-corrected chi connectivity index (χ4v) is 1.51. The fraction of sp³-hybridized carbons (Fsp3) is 0.250. The molecule has 0 aliphatic rings. The molecule has 0 atom stereocenters. The van der Waals surface area contributed by atoms with Crippen molar-refractivity contribution < 1.29 is 4.42 Å². The second-order valence-electron chi connectivity index (χ2n) is 3.49. The average molecular weight is 202 g/mol. The number of aryl methyl sites for hydroxylation is 1. The number of nitrogens with zero attached hydrogens (tertiary/aromatic N) is 1. The Kier molecular flexibility index (Phi) is 2.83. The Labute approximate surface area is 89.1 Å². The summed E-state index contributed by atoms with van der Waals surface area (Å²) in [5, 5.41) is 3.04. The molecule has 2 rings (SSSR count). The van der Waals surface area contributed by atoms with E-state index in [1.165, 1.54) is 5.56 Å². The van der Waals surface area contributed by atoms with Crippen LogP contribution >= 0.6 is 0 Å².